The van der Waals surface area contributed by atoms with Gasteiger partial charge < -0.3 is 5.32 Å². The number of nitrogens with one attached hydrogen (secondary N) is 1. The lowest BCUT2D eigenvalue weighted by molar-refractivity contribution is 1.08. The Kier molecular flexibility index (Phi) is 3.80. The molecular weight excluding hydrogens is 280 g/mol. The van der Waals surface area contributed by atoms with Gasteiger partial charge in [0.1, 0.15) is 16.9 Å². The molecule has 104 valence electrons. The van der Waals surface area contributed by atoms with Crippen LogP contribution in [0.1, 0.15) is 22.4 Å². The van der Waals surface area contributed by atoms with Crippen molar-refractivity contribution in [2.24, 2.45) is 0 Å². The van der Waals surface area contributed by atoms with Crippen molar-refractivity contribution in [3.05, 3.63) is 52.0 Å². The minimum Gasteiger partial charge on any atom is -0.362 e. The third-order valence-corrected chi connectivity index (χ3v) is 4.34. The monoisotopic (exact) mass is 294 g/mol. The molecule has 0 saturated heterocycles. The van der Waals surface area contributed by atoms with Crippen molar-refractivity contribution in [3.63, 3.8) is 0 Å². The SMILES string of the molecule is CCc1cnc(CNc2nc3ccccc3cc2C#N)s1. The van der Waals surface area contributed by atoms with Crippen LogP contribution in [0.15, 0.2) is 36.5 Å². The second kappa shape index (κ2) is 5.90. The van der Waals surface area contributed by atoms with Gasteiger partial charge in [-0.25, -0.2) is 9.97 Å². The van der Waals surface area contributed by atoms with Crippen LogP contribution in [0.25, 0.3) is 10.9 Å². The average molecular weight is 294 g/mol. The van der Waals surface area contributed by atoms with Crippen molar-refractivity contribution in [2.45, 2.75) is 19.9 Å². The topological polar surface area (TPSA) is 61.6 Å². The van der Waals surface area contributed by atoms with Crippen LogP contribution >= 0.6 is 11.3 Å². The Morgan fingerprint density at radius 1 is 1.33 bits per heavy atom. The van der Waals surface area contributed by atoms with Crippen LogP contribution in [0.4, 0.5) is 5.82 Å². The molecule has 3 rings (SSSR count). The van der Waals surface area contributed by atoms with Crippen molar-refractivity contribution in [2.75, 3.05) is 5.32 Å². The van der Waals surface area contributed by atoms with Crippen molar-refractivity contribution in [3.8, 4) is 6.07 Å². The molecule has 2 heterocycles. The molecule has 0 atom stereocenters. The summed E-state index contributed by atoms with van der Waals surface area (Å²) in [5.41, 5.74) is 1.44. The van der Waals surface area contributed by atoms with Crippen LogP contribution < -0.4 is 5.32 Å². The van der Waals surface area contributed by atoms with E-state index < -0.39 is 0 Å². The highest BCUT2D eigenvalue weighted by Gasteiger charge is 2.07. The van der Waals surface area contributed by atoms with E-state index in [0.29, 0.717) is 17.9 Å². The fourth-order valence-electron chi connectivity index (χ4n) is 2.09. The highest BCUT2D eigenvalue weighted by atomic mass is 32.1. The van der Waals surface area contributed by atoms with E-state index in [-0.39, 0.29) is 0 Å². The van der Waals surface area contributed by atoms with E-state index in [1.54, 1.807) is 11.3 Å². The first kappa shape index (κ1) is 13.5. The maximum atomic E-state index is 9.27. The Morgan fingerprint density at radius 2 is 2.19 bits per heavy atom. The second-order valence-electron chi connectivity index (χ2n) is 4.62. The number of aromatic nitrogens is 2. The maximum Gasteiger partial charge on any atom is 0.145 e. The minimum atomic E-state index is 0.556. The molecule has 0 saturated carbocycles. The number of nitriles is 1. The number of thiazole rings is 1. The zero-order chi connectivity index (χ0) is 14.7. The highest BCUT2D eigenvalue weighted by Crippen LogP contribution is 2.21. The van der Waals surface area contributed by atoms with E-state index >= 15 is 0 Å². The Bertz CT molecular complexity index is 817. The van der Waals surface area contributed by atoms with Gasteiger partial charge in [0.15, 0.2) is 0 Å². The van der Waals surface area contributed by atoms with Gasteiger partial charge in [-0.2, -0.15) is 5.26 Å². The van der Waals surface area contributed by atoms with E-state index in [9.17, 15) is 5.26 Å². The fraction of sp³-hybridized carbons (Fsp3) is 0.188. The molecular formula is C16H14N4S. The number of fused-ring (bicyclic) bond motifs is 1. The number of benzene rings is 1. The summed E-state index contributed by atoms with van der Waals surface area (Å²) >= 11 is 1.68. The number of rotatable bonds is 4. The Balaban J connectivity index is 1.87. The number of para-hydroxylation sites is 1. The number of aryl methyl sites for hydroxylation is 1. The van der Waals surface area contributed by atoms with Gasteiger partial charge in [-0.3, -0.25) is 0 Å². The number of anilines is 1. The standard InChI is InChI=1S/C16H14N4S/c1-2-13-9-18-15(21-13)10-19-16-12(8-17)7-11-5-3-4-6-14(11)20-16/h3-7,9H,2,10H2,1H3,(H,19,20). The quantitative estimate of drug-likeness (QED) is 0.796. The van der Waals surface area contributed by atoms with E-state index in [0.717, 1.165) is 22.3 Å². The third kappa shape index (κ3) is 2.86. The molecule has 0 aliphatic rings. The summed E-state index contributed by atoms with van der Waals surface area (Å²) in [6.07, 6.45) is 2.90. The zero-order valence-corrected chi connectivity index (χ0v) is 12.4. The lowest BCUT2D eigenvalue weighted by Crippen LogP contribution is -2.03. The minimum absolute atomic E-state index is 0.556. The Hall–Kier alpha value is -2.45. The van der Waals surface area contributed by atoms with Gasteiger partial charge in [0.2, 0.25) is 0 Å². The van der Waals surface area contributed by atoms with Gasteiger partial charge in [0.25, 0.3) is 0 Å². The van der Waals surface area contributed by atoms with Crippen LogP contribution in [-0.4, -0.2) is 9.97 Å². The summed E-state index contributed by atoms with van der Waals surface area (Å²) in [4.78, 5) is 10.2. The van der Waals surface area contributed by atoms with Crippen molar-refractivity contribution >= 4 is 28.1 Å². The third-order valence-electron chi connectivity index (χ3n) is 3.20. The summed E-state index contributed by atoms with van der Waals surface area (Å²) in [6, 6.07) is 11.9. The predicted molar refractivity (Wildman–Crippen MR) is 85.3 cm³/mol. The maximum absolute atomic E-state index is 9.27. The molecule has 5 heteroatoms. The smallest absolute Gasteiger partial charge is 0.145 e. The zero-order valence-electron chi connectivity index (χ0n) is 11.6. The van der Waals surface area contributed by atoms with Gasteiger partial charge in [0.05, 0.1) is 17.6 Å². The first-order valence-corrected chi connectivity index (χ1v) is 7.59. The van der Waals surface area contributed by atoms with Crippen LogP contribution in [0.3, 0.4) is 0 Å². The molecule has 0 radical (unpaired) electrons. The van der Waals surface area contributed by atoms with E-state index in [4.69, 9.17) is 0 Å². The van der Waals surface area contributed by atoms with Gasteiger partial charge in [0, 0.05) is 16.5 Å². The molecule has 0 amide bonds. The molecule has 21 heavy (non-hydrogen) atoms. The van der Waals surface area contributed by atoms with E-state index in [2.05, 4.69) is 28.3 Å². The number of hydrogen-bond acceptors (Lipinski definition) is 5. The van der Waals surface area contributed by atoms with E-state index in [1.807, 2.05) is 36.5 Å². The number of pyridine rings is 1. The molecule has 1 aromatic carbocycles. The Morgan fingerprint density at radius 3 is 2.95 bits per heavy atom. The van der Waals surface area contributed by atoms with Crippen LogP contribution in [0.2, 0.25) is 0 Å². The van der Waals surface area contributed by atoms with Crippen molar-refractivity contribution in [1.82, 2.24) is 9.97 Å². The van der Waals surface area contributed by atoms with Crippen molar-refractivity contribution in [1.29, 1.82) is 5.26 Å². The molecule has 0 unspecified atom stereocenters. The average Bonchev–Trinajstić information content (AvgIpc) is 3.00. The van der Waals surface area contributed by atoms with Gasteiger partial charge >= 0.3 is 0 Å². The summed E-state index contributed by atoms with van der Waals surface area (Å²) < 4.78 is 0. The van der Waals surface area contributed by atoms with Crippen molar-refractivity contribution < 1.29 is 0 Å². The molecule has 0 aliphatic carbocycles. The summed E-state index contributed by atoms with van der Waals surface area (Å²) in [6.45, 7) is 2.70. The molecule has 0 fully saturated rings. The largest absolute Gasteiger partial charge is 0.362 e. The summed E-state index contributed by atoms with van der Waals surface area (Å²) in [5, 5.41) is 14.5. The van der Waals surface area contributed by atoms with Crippen LogP contribution in [0, 0.1) is 11.3 Å². The predicted octanol–water partition coefficient (Wildman–Crippen LogP) is 3.74. The van der Waals surface area contributed by atoms with Crippen LogP contribution in [-0.2, 0) is 13.0 Å². The normalized spacial score (nSPS) is 10.5. The molecule has 2 aromatic heterocycles. The number of hydrogen-bond donors (Lipinski definition) is 1. The van der Waals surface area contributed by atoms with Gasteiger partial charge in [-0.05, 0) is 18.6 Å². The molecule has 0 aliphatic heterocycles. The van der Waals surface area contributed by atoms with Gasteiger partial charge in [-0.15, -0.1) is 11.3 Å². The van der Waals surface area contributed by atoms with Gasteiger partial charge in [-0.1, -0.05) is 25.1 Å². The Labute approximate surface area is 127 Å². The molecule has 1 N–H and O–H groups in total. The fourth-order valence-corrected chi connectivity index (χ4v) is 2.89. The first-order valence-electron chi connectivity index (χ1n) is 6.77. The molecule has 3 aromatic rings. The molecule has 4 nitrogen and oxygen atoms in total. The molecule has 0 bridgehead atoms. The lowest BCUT2D eigenvalue weighted by Gasteiger charge is -2.07. The second-order valence-corrected chi connectivity index (χ2v) is 5.82. The summed E-state index contributed by atoms with van der Waals surface area (Å²) in [5.74, 6) is 0.615. The summed E-state index contributed by atoms with van der Waals surface area (Å²) in [7, 11) is 0. The van der Waals surface area contributed by atoms with E-state index in [1.165, 1.54) is 4.88 Å². The lowest BCUT2D eigenvalue weighted by atomic mass is 10.1. The van der Waals surface area contributed by atoms with Crippen LogP contribution in [0.5, 0.6) is 0 Å². The number of nitrogens with zero attached hydrogens (tertiary/aromatic N) is 3. The molecule has 0 spiro atoms. The highest BCUT2D eigenvalue weighted by molar-refractivity contribution is 7.11. The first-order chi connectivity index (χ1) is 10.3.